The van der Waals surface area contributed by atoms with Crippen LogP contribution in [0.1, 0.15) is 19.3 Å². The number of carbonyl (C=O) groups excluding carboxylic acids is 2. The van der Waals surface area contributed by atoms with Crippen LogP contribution in [0.3, 0.4) is 0 Å². The van der Waals surface area contributed by atoms with Gasteiger partial charge in [-0.1, -0.05) is 0 Å². The van der Waals surface area contributed by atoms with Gasteiger partial charge in [-0.05, 0) is 19.3 Å². The maximum Gasteiger partial charge on any atom is 0.248 e. The second-order valence-corrected chi connectivity index (χ2v) is 5.23. The molecule has 2 saturated carbocycles. The SMILES string of the molecule is O=C1NN=C2[C@@H]3C[C@@H](C[C@@H]12)C1=NNC(=O)[C@@H]1C3. The van der Waals surface area contributed by atoms with Gasteiger partial charge in [0.05, 0.1) is 23.3 Å². The Labute approximate surface area is 97.5 Å². The second-order valence-electron chi connectivity index (χ2n) is 5.23. The fraction of sp³-hybridized carbons (Fsp3) is 0.636. The van der Waals surface area contributed by atoms with Crippen LogP contribution in [0.4, 0.5) is 0 Å². The molecule has 2 fully saturated rings. The lowest BCUT2D eigenvalue weighted by atomic mass is 9.63. The Bertz CT molecular complexity index is 452. The van der Waals surface area contributed by atoms with Crippen LogP contribution in [-0.2, 0) is 9.59 Å². The Morgan fingerprint density at radius 3 is 1.76 bits per heavy atom. The zero-order valence-corrected chi connectivity index (χ0v) is 9.14. The largest absolute Gasteiger partial charge is 0.272 e. The zero-order valence-electron chi connectivity index (χ0n) is 9.14. The molecule has 2 aliphatic heterocycles. The average molecular weight is 232 g/mol. The van der Waals surface area contributed by atoms with Gasteiger partial charge in [-0.3, -0.25) is 9.59 Å². The minimum atomic E-state index is -0.0851. The average Bonchev–Trinajstić information content (AvgIpc) is 2.86. The van der Waals surface area contributed by atoms with E-state index in [-0.39, 0.29) is 35.5 Å². The van der Waals surface area contributed by atoms with Crippen molar-refractivity contribution in [2.24, 2.45) is 33.9 Å². The van der Waals surface area contributed by atoms with Crippen LogP contribution < -0.4 is 10.9 Å². The summed E-state index contributed by atoms with van der Waals surface area (Å²) in [5.74, 6) is 0.379. The predicted molar refractivity (Wildman–Crippen MR) is 59.0 cm³/mol. The maximum atomic E-state index is 11.6. The third-order valence-corrected chi connectivity index (χ3v) is 4.38. The van der Waals surface area contributed by atoms with Crippen LogP contribution in [0, 0.1) is 23.7 Å². The number of amides is 2. The van der Waals surface area contributed by atoms with Crippen LogP contribution in [0.25, 0.3) is 0 Å². The molecule has 6 heteroatoms. The number of nitrogens with one attached hydrogen (secondary N) is 2. The molecule has 0 aromatic rings. The first kappa shape index (κ1) is 9.32. The van der Waals surface area contributed by atoms with Gasteiger partial charge in [0.2, 0.25) is 11.8 Å². The molecule has 0 aromatic carbocycles. The third-order valence-electron chi connectivity index (χ3n) is 4.38. The van der Waals surface area contributed by atoms with Gasteiger partial charge in [0.15, 0.2) is 0 Å². The topological polar surface area (TPSA) is 82.9 Å². The van der Waals surface area contributed by atoms with Crippen molar-refractivity contribution in [3.8, 4) is 0 Å². The van der Waals surface area contributed by atoms with Crippen LogP contribution in [0.15, 0.2) is 10.2 Å². The van der Waals surface area contributed by atoms with E-state index in [1.165, 1.54) is 0 Å². The highest BCUT2D eigenvalue weighted by atomic mass is 16.2. The molecule has 2 amide bonds. The molecule has 2 aliphatic carbocycles. The van der Waals surface area contributed by atoms with Crippen molar-refractivity contribution < 1.29 is 9.59 Å². The summed E-state index contributed by atoms with van der Waals surface area (Å²) in [4.78, 5) is 23.3. The van der Waals surface area contributed by atoms with E-state index in [9.17, 15) is 9.59 Å². The van der Waals surface area contributed by atoms with Gasteiger partial charge in [-0.15, -0.1) is 0 Å². The minimum absolute atomic E-state index is 0.00559. The molecule has 0 spiro atoms. The highest BCUT2D eigenvalue weighted by Gasteiger charge is 2.51. The van der Waals surface area contributed by atoms with Crippen molar-refractivity contribution in [3.63, 3.8) is 0 Å². The quantitative estimate of drug-likeness (QED) is 0.596. The summed E-state index contributed by atoms with van der Waals surface area (Å²) < 4.78 is 0. The van der Waals surface area contributed by atoms with Gasteiger partial charge in [-0.25, -0.2) is 10.9 Å². The van der Waals surface area contributed by atoms with Gasteiger partial charge in [0.25, 0.3) is 0 Å². The molecular formula is C11H12N4O2. The molecule has 0 unspecified atom stereocenters. The van der Waals surface area contributed by atoms with E-state index in [0.717, 1.165) is 30.7 Å². The molecule has 4 aliphatic rings. The summed E-state index contributed by atoms with van der Waals surface area (Å²) in [6.45, 7) is 0. The van der Waals surface area contributed by atoms with Crippen LogP contribution >= 0.6 is 0 Å². The number of hydrazone groups is 2. The monoisotopic (exact) mass is 232 g/mol. The third kappa shape index (κ3) is 1.10. The Kier molecular flexibility index (Phi) is 1.61. The lowest BCUT2D eigenvalue weighted by Gasteiger charge is -2.38. The number of hydrogen-bond donors (Lipinski definition) is 2. The standard InChI is InChI=1S/C11H12N4O2/c16-10-6-2-4-1-5(9(6)13-14-10)3-7-8(4)12-15-11(7)17/h4-7H,1-3H2,(H,14,16)(H,15,17)/t4-,5+,6-,7-/m1/s1. The van der Waals surface area contributed by atoms with Crippen LogP contribution in [0.5, 0.6) is 0 Å². The Balaban J connectivity index is 1.73. The lowest BCUT2D eigenvalue weighted by molar-refractivity contribution is -0.122. The number of rotatable bonds is 0. The molecule has 17 heavy (non-hydrogen) atoms. The van der Waals surface area contributed by atoms with Gasteiger partial charge in [0.1, 0.15) is 0 Å². The highest BCUT2D eigenvalue weighted by Crippen LogP contribution is 2.44. The molecule has 0 saturated heterocycles. The van der Waals surface area contributed by atoms with Gasteiger partial charge in [0, 0.05) is 11.8 Å². The molecule has 2 N–H and O–H groups in total. The Morgan fingerprint density at radius 1 is 0.824 bits per heavy atom. The smallest absolute Gasteiger partial charge is 0.248 e. The van der Waals surface area contributed by atoms with E-state index in [4.69, 9.17) is 0 Å². The fourth-order valence-corrected chi connectivity index (χ4v) is 3.61. The molecule has 0 radical (unpaired) electrons. The molecule has 4 atom stereocenters. The van der Waals surface area contributed by atoms with Gasteiger partial charge < -0.3 is 0 Å². The first-order valence-corrected chi connectivity index (χ1v) is 5.98. The minimum Gasteiger partial charge on any atom is -0.272 e. The molecule has 88 valence electrons. The fourth-order valence-electron chi connectivity index (χ4n) is 3.61. The highest BCUT2D eigenvalue weighted by molar-refractivity contribution is 6.15. The van der Waals surface area contributed by atoms with Gasteiger partial charge in [-0.2, -0.15) is 10.2 Å². The van der Waals surface area contributed by atoms with Crippen molar-refractivity contribution in [3.05, 3.63) is 0 Å². The summed E-state index contributed by atoms with van der Waals surface area (Å²) in [5.41, 5.74) is 7.05. The summed E-state index contributed by atoms with van der Waals surface area (Å²) in [5, 5.41) is 8.29. The van der Waals surface area contributed by atoms with Crippen LogP contribution in [0.2, 0.25) is 0 Å². The zero-order chi connectivity index (χ0) is 11.6. The normalized spacial score (nSPS) is 42.1. The molecule has 2 heterocycles. The number of nitrogens with zero attached hydrogens (tertiary/aromatic N) is 2. The Morgan fingerprint density at radius 2 is 1.29 bits per heavy atom. The summed E-state index contributed by atoms with van der Waals surface area (Å²) in [7, 11) is 0. The van der Waals surface area contributed by atoms with Crippen molar-refractivity contribution in [2.75, 3.05) is 0 Å². The molecular weight excluding hydrogens is 220 g/mol. The maximum absolute atomic E-state index is 11.6. The Hall–Kier alpha value is -1.72. The number of hydrogen-bond acceptors (Lipinski definition) is 4. The first-order chi connectivity index (χ1) is 8.24. The van der Waals surface area contributed by atoms with E-state index in [1.54, 1.807) is 0 Å². The van der Waals surface area contributed by atoms with Crippen molar-refractivity contribution in [2.45, 2.75) is 19.3 Å². The van der Waals surface area contributed by atoms with Crippen molar-refractivity contribution in [1.82, 2.24) is 10.9 Å². The number of fused-ring (bicyclic) bond motifs is 6. The summed E-state index contributed by atoms with van der Waals surface area (Å²) >= 11 is 0. The predicted octanol–water partition coefficient (Wildman–Crippen LogP) is -0.380. The van der Waals surface area contributed by atoms with Crippen molar-refractivity contribution >= 4 is 23.2 Å². The van der Waals surface area contributed by atoms with E-state index >= 15 is 0 Å². The number of carbonyl (C=O) groups is 2. The van der Waals surface area contributed by atoms with Crippen LogP contribution in [-0.4, -0.2) is 23.2 Å². The van der Waals surface area contributed by atoms with E-state index in [2.05, 4.69) is 21.1 Å². The van der Waals surface area contributed by atoms with E-state index in [1.807, 2.05) is 0 Å². The van der Waals surface area contributed by atoms with E-state index in [0.29, 0.717) is 0 Å². The summed E-state index contributed by atoms with van der Waals surface area (Å²) in [6.07, 6.45) is 2.49. The molecule has 4 rings (SSSR count). The lowest BCUT2D eigenvalue weighted by Crippen LogP contribution is -2.45. The first-order valence-electron chi connectivity index (χ1n) is 5.98. The van der Waals surface area contributed by atoms with Gasteiger partial charge >= 0.3 is 0 Å². The van der Waals surface area contributed by atoms with E-state index < -0.39 is 0 Å². The summed E-state index contributed by atoms with van der Waals surface area (Å²) in [6, 6.07) is 0. The molecule has 2 bridgehead atoms. The van der Waals surface area contributed by atoms with Crippen molar-refractivity contribution in [1.29, 1.82) is 0 Å². The molecule has 0 aromatic heterocycles. The molecule has 6 nitrogen and oxygen atoms in total. The second kappa shape index (κ2) is 2.94.